The van der Waals surface area contributed by atoms with Crippen molar-refractivity contribution in [3.63, 3.8) is 0 Å². The van der Waals surface area contributed by atoms with Gasteiger partial charge in [-0.1, -0.05) is 78.6 Å². The predicted octanol–water partition coefficient (Wildman–Crippen LogP) is 6.74. The molecule has 0 saturated heterocycles. The first-order valence-electron chi connectivity index (χ1n) is 8.77. The fraction of sp³-hybridized carbons (Fsp3) is 0.895. The van der Waals surface area contributed by atoms with Gasteiger partial charge in [0.1, 0.15) is 0 Å². The fourth-order valence-corrected chi connectivity index (χ4v) is 2.38. The monoisotopic (exact) mass is 264 g/mol. The molecule has 1 unspecified atom stereocenters. The van der Waals surface area contributed by atoms with Crippen molar-refractivity contribution in [3.8, 4) is 11.8 Å². The number of hydrogen-bond donors (Lipinski definition) is 0. The smallest absolute Gasteiger partial charge is 0.00912 e. The molecule has 0 rings (SSSR count). The summed E-state index contributed by atoms with van der Waals surface area (Å²) in [5.41, 5.74) is 0. The Labute approximate surface area is 122 Å². The van der Waals surface area contributed by atoms with E-state index >= 15 is 0 Å². The third kappa shape index (κ3) is 15.5. The van der Waals surface area contributed by atoms with Crippen molar-refractivity contribution >= 4 is 0 Å². The average Bonchev–Trinajstić information content (AvgIpc) is 2.42. The fourth-order valence-electron chi connectivity index (χ4n) is 2.38. The maximum absolute atomic E-state index is 3.36. The summed E-state index contributed by atoms with van der Waals surface area (Å²) in [6.07, 6.45) is 17.3. The Hall–Kier alpha value is -0.440. The molecule has 0 radical (unpaired) electrons. The van der Waals surface area contributed by atoms with Crippen LogP contribution in [0.15, 0.2) is 0 Å². The van der Waals surface area contributed by atoms with Crippen LogP contribution in [0.3, 0.4) is 0 Å². The Balaban J connectivity index is 3.27. The van der Waals surface area contributed by atoms with Gasteiger partial charge in [-0.3, -0.25) is 0 Å². The second kappa shape index (κ2) is 15.6. The van der Waals surface area contributed by atoms with Gasteiger partial charge < -0.3 is 0 Å². The standard InChI is InChI=1S/C19H36/c1-4-6-8-10-11-12-13-14-16-18-19(3)17-15-9-7-5-2/h19H,4-12,15-18H2,1-3H3. The van der Waals surface area contributed by atoms with Crippen molar-refractivity contribution in [2.45, 2.75) is 104 Å². The van der Waals surface area contributed by atoms with Gasteiger partial charge in [0.2, 0.25) is 0 Å². The van der Waals surface area contributed by atoms with Gasteiger partial charge in [-0.2, -0.15) is 0 Å². The molecule has 0 heterocycles. The maximum Gasteiger partial charge on any atom is 0.00912 e. The Morgan fingerprint density at radius 3 is 1.89 bits per heavy atom. The van der Waals surface area contributed by atoms with E-state index in [1.807, 2.05) is 0 Å². The second-order valence-corrected chi connectivity index (χ2v) is 6.01. The summed E-state index contributed by atoms with van der Waals surface area (Å²) in [6.45, 7) is 6.93. The molecule has 0 aromatic rings. The molecule has 0 aliphatic carbocycles. The quantitative estimate of drug-likeness (QED) is 0.270. The molecular formula is C19H36. The summed E-state index contributed by atoms with van der Waals surface area (Å²) in [6, 6.07) is 0. The zero-order valence-electron chi connectivity index (χ0n) is 13.8. The first-order valence-corrected chi connectivity index (χ1v) is 8.77. The van der Waals surface area contributed by atoms with Crippen LogP contribution in [0.4, 0.5) is 0 Å². The largest absolute Gasteiger partial charge is 0.103 e. The third-order valence-electron chi connectivity index (χ3n) is 3.84. The van der Waals surface area contributed by atoms with E-state index in [9.17, 15) is 0 Å². The minimum Gasteiger partial charge on any atom is -0.103 e. The molecule has 0 N–H and O–H groups in total. The van der Waals surface area contributed by atoms with Crippen LogP contribution >= 0.6 is 0 Å². The van der Waals surface area contributed by atoms with Gasteiger partial charge in [0, 0.05) is 12.8 Å². The van der Waals surface area contributed by atoms with E-state index < -0.39 is 0 Å². The van der Waals surface area contributed by atoms with Crippen LogP contribution in [0.5, 0.6) is 0 Å². The van der Waals surface area contributed by atoms with E-state index in [0.717, 1.165) is 18.8 Å². The van der Waals surface area contributed by atoms with Crippen LogP contribution in [0.1, 0.15) is 104 Å². The van der Waals surface area contributed by atoms with Crippen molar-refractivity contribution in [1.29, 1.82) is 0 Å². The van der Waals surface area contributed by atoms with Crippen molar-refractivity contribution in [2.75, 3.05) is 0 Å². The highest BCUT2D eigenvalue weighted by atomic mass is 14.1. The van der Waals surface area contributed by atoms with Crippen molar-refractivity contribution in [1.82, 2.24) is 0 Å². The Morgan fingerprint density at radius 2 is 1.21 bits per heavy atom. The third-order valence-corrected chi connectivity index (χ3v) is 3.84. The Kier molecular flexibility index (Phi) is 15.3. The first-order chi connectivity index (χ1) is 9.31. The van der Waals surface area contributed by atoms with Gasteiger partial charge in [-0.15, -0.1) is 11.8 Å². The van der Waals surface area contributed by atoms with Gasteiger partial charge in [0.25, 0.3) is 0 Å². The molecule has 0 aliphatic rings. The summed E-state index contributed by atoms with van der Waals surface area (Å²) in [7, 11) is 0. The van der Waals surface area contributed by atoms with Gasteiger partial charge >= 0.3 is 0 Å². The van der Waals surface area contributed by atoms with Crippen LogP contribution in [0.2, 0.25) is 0 Å². The zero-order chi connectivity index (χ0) is 14.2. The molecule has 19 heavy (non-hydrogen) atoms. The number of unbranched alkanes of at least 4 members (excludes halogenated alkanes) is 8. The maximum atomic E-state index is 3.36. The highest BCUT2D eigenvalue weighted by molar-refractivity contribution is 4.98. The lowest BCUT2D eigenvalue weighted by Crippen LogP contribution is -1.94. The summed E-state index contributed by atoms with van der Waals surface area (Å²) >= 11 is 0. The topological polar surface area (TPSA) is 0 Å². The predicted molar refractivity (Wildman–Crippen MR) is 88.3 cm³/mol. The Bertz CT molecular complexity index is 218. The van der Waals surface area contributed by atoms with Crippen LogP contribution in [0.25, 0.3) is 0 Å². The normalized spacial score (nSPS) is 11.9. The minimum absolute atomic E-state index is 0.871. The van der Waals surface area contributed by atoms with Crippen LogP contribution in [-0.4, -0.2) is 0 Å². The van der Waals surface area contributed by atoms with E-state index in [2.05, 4.69) is 32.6 Å². The number of rotatable bonds is 12. The van der Waals surface area contributed by atoms with E-state index in [1.165, 1.54) is 70.6 Å². The van der Waals surface area contributed by atoms with E-state index in [0.29, 0.717) is 0 Å². The van der Waals surface area contributed by atoms with Crippen molar-refractivity contribution in [3.05, 3.63) is 0 Å². The molecule has 0 bridgehead atoms. The highest BCUT2D eigenvalue weighted by Crippen LogP contribution is 2.15. The number of hydrogen-bond acceptors (Lipinski definition) is 0. The van der Waals surface area contributed by atoms with Gasteiger partial charge in [-0.05, 0) is 18.8 Å². The lowest BCUT2D eigenvalue weighted by atomic mass is 9.98. The van der Waals surface area contributed by atoms with Crippen LogP contribution < -0.4 is 0 Å². The highest BCUT2D eigenvalue weighted by Gasteiger charge is 2.00. The lowest BCUT2D eigenvalue weighted by Gasteiger charge is -2.08. The summed E-state index contributed by atoms with van der Waals surface area (Å²) in [5.74, 6) is 7.57. The van der Waals surface area contributed by atoms with Crippen molar-refractivity contribution in [2.24, 2.45) is 5.92 Å². The van der Waals surface area contributed by atoms with E-state index in [-0.39, 0.29) is 0 Å². The summed E-state index contributed by atoms with van der Waals surface area (Å²) in [4.78, 5) is 0. The molecule has 1 atom stereocenters. The van der Waals surface area contributed by atoms with Gasteiger partial charge in [0.15, 0.2) is 0 Å². The molecule has 0 aromatic heterocycles. The lowest BCUT2D eigenvalue weighted by molar-refractivity contribution is 0.465. The zero-order valence-corrected chi connectivity index (χ0v) is 13.8. The molecule has 0 amide bonds. The summed E-state index contributed by atoms with van der Waals surface area (Å²) in [5, 5.41) is 0. The molecule has 0 aliphatic heterocycles. The van der Waals surface area contributed by atoms with Crippen LogP contribution in [-0.2, 0) is 0 Å². The first kappa shape index (κ1) is 18.6. The SMILES string of the molecule is CCCCCCCC#CCCC(C)CCCCCC. The molecule has 0 fully saturated rings. The molecule has 0 heteroatoms. The molecule has 0 aromatic carbocycles. The summed E-state index contributed by atoms with van der Waals surface area (Å²) < 4.78 is 0. The second-order valence-electron chi connectivity index (χ2n) is 6.01. The van der Waals surface area contributed by atoms with Gasteiger partial charge in [0.05, 0.1) is 0 Å². The Morgan fingerprint density at radius 1 is 0.632 bits per heavy atom. The molecule has 0 saturated carbocycles. The van der Waals surface area contributed by atoms with Crippen LogP contribution in [0, 0.1) is 17.8 Å². The minimum atomic E-state index is 0.871. The van der Waals surface area contributed by atoms with Gasteiger partial charge in [-0.25, -0.2) is 0 Å². The van der Waals surface area contributed by atoms with E-state index in [1.54, 1.807) is 0 Å². The molecule has 0 spiro atoms. The molecule has 0 nitrogen and oxygen atoms in total. The molecular weight excluding hydrogens is 228 g/mol. The van der Waals surface area contributed by atoms with E-state index in [4.69, 9.17) is 0 Å². The van der Waals surface area contributed by atoms with Crippen molar-refractivity contribution < 1.29 is 0 Å². The average molecular weight is 264 g/mol. The molecule has 112 valence electrons.